The van der Waals surface area contributed by atoms with Gasteiger partial charge in [-0.3, -0.25) is 11.7 Å². The van der Waals surface area contributed by atoms with Crippen LogP contribution in [0.1, 0.15) is 11.1 Å². The Morgan fingerprint density at radius 3 is 2.25 bits per heavy atom. The molecule has 1 unspecified atom stereocenters. The normalized spacial score (nSPS) is 16.2. The molecule has 0 amide bonds. The van der Waals surface area contributed by atoms with E-state index in [2.05, 4.69) is 11.7 Å². The second-order valence-corrected chi connectivity index (χ2v) is 5.03. The fraction of sp³-hybridized carbons (Fsp3) is 0.0588. The van der Waals surface area contributed by atoms with Gasteiger partial charge in [-0.1, -0.05) is 12.1 Å². The highest BCUT2D eigenvalue weighted by Gasteiger charge is 2.26. The molecule has 1 aliphatic heterocycles. The van der Waals surface area contributed by atoms with Crippen LogP contribution >= 0.6 is 0 Å². The number of fused-ring (bicyclic) bond motifs is 1. The van der Waals surface area contributed by atoms with Crippen LogP contribution in [-0.4, -0.2) is 16.3 Å². The molecule has 1 heterocycles. The van der Waals surface area contributed by atoms with Crippen molar-refractivity contribution in [3.05, 3.63) is 65.5 Å². The summed E-state index contributed by atoms with van der Waals surface area (Å²) in [5.41, 5.74) is 14.4. The maximum Gasteiger partial charge on any atom is 0.165 e. The third-order valence-corrected chi connectivity index (χ3v) is 3.53. The first kappa shape index (κ1) is 17.2. The van der Waals surface area contributed by atoms with E-state index in [4.69, 9.17) is 16.2 Å². The second-order valence-electron chi connectivity index (χ2n) is 5.03. The topological polar surface area (TPSA) is 154 Å². The zero-order chi connectivity index (χ0) is 17.7. The molecule has 10 N–H and O–H groups in total. The Morgan fingerprint density at radius 2 is 1.62 bits per heavy atom. The fourth-order valence-electron chi connectivity index (χ4n) is 2.40. The van der Waals surface area contributed by atoms with Gasteiger partial charge in [0.2, 0.25) is 0 Å². The summed E-state index contributed by atoms with van der Waals surface area (Å²) in [6, 6.07) is 11.7. The third-order valence-electron chi connectivity index (χ3n) is 3.53. The number of benzene rings is 2. The first-order chi connectivity index (χ1) is 11.6. The summed E-state index contributed by atoms with van der Waals surface area (Å²) in [6.07, 6.45) is 2.68. The lowest BCUT2D eigenvalue weighted by molar-refractivity contribution is 0.285. The van der Waals surface area contributed by atoms with Crippen LogP contribution in [-0.2, 0) is 0 Å². The van der Waals surface area contributed by atoms with Crippen LogP contribution in [0.5, 0.6) is 17.2 Å². The Kier molecular flexibility index (Phi) is 5.31. The predicted octanol–water partition coefficient (Wildman–Crippen LogP) is 0.977. The lowest BCUT2D eigenvalue weighted by Gasteiger charge is -2.28. The largest absolute Gasteiger partial charge is 0.508 e. The Bertz CT molecular complexity index is 770. The molecule has 2 aromatic rings. The highest BCUT2D eigenvalue weighted by Crippen LogP contribution is 2.38. The first-order valence-electron chi connectivity index (χ1n) is 7.10. The van der Waals surface area contributed by atoms with Gasteiger partial charge in [0.1, 0.15) is 17.2 Å². The molecule has 1 atom stereocenters. The van der Waals surface area contributed by atoms with E-state index in [0.29, 0.717) is 11.4 Å². The predicted molar refractivity (Wildman–Crippen MR) is 93.3 cm³/mol. The third kappa shape index (κ3) is 3.43. The fourth-order valence-corrected chi connectivity index (χ4v) is 2.40. The van der Waals surface area contributed by atoms with Gasteiger partial charge in [-0.05, 0) is 35.9 Å². The van der Waals surface area contributed by atoms with Crippen molar-refractivity contribution < 1.29 is 14.9 Å². The molecule has 7 nitrogen and oxygen atoms in total. The van der Waals surface area contributed by atoms with Crippen molar-refractivity contribution >= 4 is 11.6 Å². The molecule has 0 bridgehead atoms. The number of hydrogen-bond donors (Lipinski definition) is 6. The van der Waals surface area contributed by atoms with Crippen LogP contribution < -0.4 is 27.9 Å². The summed E-state index contributed by atoms with van der Waals surface area (Å²) >= 11 is 0. The SMILES string of the molecule is N/C=C(\N)C1Oc2cc(O)ccc2C=C1c1ccc(O)cc1.NN. The van der Waals surface area contributed by atoms with Crippen molar-refractivity contribution in [3.8, 4) is 17.2 Å². The van der Waals surface area contributed by atoms with Gasteiger partial charge >= 0.3 is 0 Å². The molecule has 0 saturated heterocycles. The van der Waals surface area contributed by atoms with Gasteiger partial charge in [0.25, 0.3) is 0 Å². The van der Waals surface area contributed by atoms with E-state index in [1.54, 1.807) is 36.4 Å². The number of hydrazine groups is 1. The zero-order valence-electron chi connectivity index (χ0n) is 12.9. The van der Waals surface area contributed by atoms with Gasteiger partial charge in [-0.25, -0.2) is 0 Å². The van der Waals surface area contributed by atoms with E-state index in [-0.39, 0.29) is 11.5 Å². The van der Waals surface area contributed by atoms with Crippen LogP contribution in [0, 0.1) is 0 Å². The van der Waals surface area contributed by atoms with Crippen LogP contribution in [0.4, 0.5) is 0 Å². The highest BCUT2D eigenvalue weighted by atomic mass is 16.5. The average molecular weight is 328 g/mol. The quantitative estimate of drug-likeness (QED) is 0.354. The summed E-state index contributed by atoms with van der Waals surface area (Å²) in [4.78, 5) is 0. The molecular formula is C17H20N4O3. The Hall–Kier alpha value is -3.16. The number of hydrogen-bond acceptors (Lipinski definition) is 7. The van der Waals surface area contributed by atoms with Gasteiger partial charge < -0.3 is 26.4 Å². The molecule has 7 heteroatoms. The molecule has 0 aromatic heterocycles. The zero-order valence-corrected chi connectivity index (χ0v) is 12.9. The monoisotopic (exact) mass is 328 g/mol. The summed E-state index contributed by atoms with van der Waals surface area (Å²) in [5.74, 6) is 8.84. The first-order valence-corrected chi connectivity index (χ1v) is 7.10. The van der Waals surface area contributed by atoms with Crippen molar-refractivity contribution in [3.63, 3.8) is 0 Å². The number of phenolic OH excluding ortho intramolecular Hbond substituents is 2. The Morgan fingerprint density at radius 1 is 1.00 bits per heavy atom. The standard InChI is InChI=1S/C17H16N2O3.H4N2/c18-9-15(19)17-14(10-1-4-12(20)5-2-10)7-11-3-6-13(21)8-16(11)22-17;1-2/h1-9,17,20-21H,18-19H2;1-2H2/b15-9-;. The highest BCUT2D eigenvalue weighted by molar-refractivity contribution is 5.89. The molecule has 0 saturated carbocycles. The van der Waals surface area contributed by atoms with Gasteiger partial charge in [0, 0.05) is 23.4 Å². The summed E-state index contributed by atoms with van der Waals surface area (Å²) in [5, 5.41) is 19.0. The van der Waals surface area contributed by atoms with Crippen LogP contribution in [0.3, 0.4) is 0 Å². The van der Waals surface area contributed by atoms with Crippen LogP contribution in [0.15, 0.2) is 54.4 Å². The lowest BCUT2D eigenvalue weighted by Crippen LogP contribution is -2.29. The van der Waals surface area contributed by atoms with Crippen molar-refractivity contribution in [1.29, 1.82) is 0 Å². The minimum Gasteiger partial charge on any atom is -0.508 e. The van der Waals surface area contributed by atoms with Crippen molar-refractivity contribution in [2.75, 3.05) is 0 Å². The number of rotatable bonds is 2. The van der Waals surface area contributed by atoms with Crippen molar-refractivity contribution in [1.82, 2.24) is 0 Å². The molecule has 126 valence electrons. The number of ether oxygens (including phenoxy) is 1. The number of nitrogens with two attached hydrogens (primary N) is 4. The van der Waals surface area contributed by atoms with Crippen molar-refractivity contribution in [2.45, 2.75) is 6.10 Å². The Balaban J connectivity index is 0.00000100. The summed E-state index contributed by atoms with van der Waals surface area (Å²) in [7, 11) is 0. The second kappa shape index (κ2) is 7.40. The van der Waals surface area contributed by atoms with E-state index >= 15 is 0 Å². The van der Waals surface area contributed by atoms with Crippen LogP contribution in [0.2, 0.25) is 0 Å². The molecular weight excluding hydrogens is 308 g/mol. The van der Waals surface area contributed by atoms with Gasteiger partial charge in [-0.2, -0.15) is 0 Å². The maximum absolute atomic E-state index is 9.58. The molecule has 0 fully saturated rings. The van der Waals surface area contributed by atoms with Gasteiger partial charge in [0.05, 0.1) is 5.70 Å². The van der Waals surface area contributed by atoms with E-state index in [9.17, 15) is 10.2 Å². The minimum atomic E-state index is -0.552. The molecule has 1 aliphatic rings. The molecule has 24 heavy (non-hydrogen) atoms. The average Bonchev–Trinajstić information content (AvgIpc) is 2.62. The van der Waals surface area contributed by atoms with E-state index in [0.717, 1.165) is 16.7 Å². The van der Waals surface area contributed by atoms with E-state index in [1.165, 1.54) is 12.3 Å². The Labute approximate surface area is 139 Å². The van der Waals surface area contributed by atoms with E-state index < -0.39 is 6.10 Å². The number of aromatic hydroxyl groups is 2. The molecule has 0 aliphatic carbocycles. The molecule has 0 spiro atoms. The van der Waals surface area contributed by atoms with E-state index in [1.807, 2.05) is 6.08 Å². The smallest absolute Gasteiger partial charge is 0.165 e. The molecule has 3 rings (SSSR count). The van der Waals surface area contributed by atoms with Gasteiger partial charge in [-0.15, -0.1) is 0 Å². The summed E-state index contributed by atoms with van der Waals surface area (Å²) < 4.78 is 5.90. The van der Waals surface area contributed by atoms with Crippen molar-refractivity contribution in [2.24, 2.45) is 23.2 Å². The summed E-state index contributed by atoms with van der Waals surface area (Å²) in [6.45, 7) is 0. The lowest BCUT2D eigenvalue weighted by atomic mass is 9.93. The minimum absolute atomic E-state index is 0.120. The number of phenols is 2. The van der Waals surface area contributed by atoms with Crippen LogP contribution in [0.25, 0.3) is 11.6 Å². The molecule has 0 radical (unpaired) electrons. The molecule has 2 aromatic carbocycles. The van der Waals surface area contributed by atoms with Gasteiger partial charge in [0.15, 0.2) is 6.10 Å². The maximum atomic E-state index is 9.58.